The van der Waals surface area contributed by atoms with Gasteiger partial charge < -0.3 is 4.90 Å². The van der Waals surface area contributed by atoms with Crippen LogP contribution in [-0.4, -0.2) is 10.8 Å². The number of nitrogens with zero attached hydrogens (tertiary/aromatic N) is 1. The molecule has 0 N–H and O–H groups in total. The van der Waals surface area contributed by atoms with Crippen molar-refractivity contribution in [1.82, 2.24) is 4.90 Å². The van der Waals surface area contributed by atoms with E-state index in [-0.39, 0.29) is 0 Å². The van der Waals surface area contributed by atoms with Crippen molar-refractivity contribution < 1.29 is 4.79 Å². The lowest BCUT2D eigenvalue weighted by molar-refractivity contribution is 0.467. The standard InChI is InChI=1S/C13H10BrNO/c14-12-6-4-11(5-7-12)9-15-8-2-1-3-13(15)10-16/h1-8H,9H2. The van der Waals surface area contributed by atoms with Gasteiger partial charge in [-0.3, -0.25) is 0 Å². The Kier molecular flexibility index (Phi) is 3.40. The molecule has 2 nitrogen and oxygen atoms in total. The fourth-order valence-corrected chi connectivity index (χ4v) is 1.76. The molecule has 0 atom stereocenters. The molecule has 3 heteroatoms. The Morgan fingerprint density at radius 2 is 1.94 bits per heavy atom. The summed E-state index contributed by atoms with van der Waals surface area (Å²) in [5, 5.41) is 0. The topological polar surface area (TPSA) is 20.3 Å². The van der Waals surface area contributed by atoms with Gasteiger partial charge in [0.15, 0.2) is 5.94 Å². The first-order chi connectivity index (χ1) is 7.79. The Morgan fingerprint density at radius 3 is 2.62 bits per heavy atom. The minimum absolute atomic E-state index is 0.561. The second-order valence-corrected chi connectivity index (χ2v) is 4.36. The number of halogens is 1. The zero-order valence-electron chi connectivity index (χ0n) is 8.56. The number of carbonyl (C=O) groups excluding carboxylic acids is 1. The summed E-state index contributed by atoms with van der Waals surface area (Å²) in [6.45, 7) is 0.679. The molecule has 2 rings (SSSR count). The van der Waals surface area contributed by atoms with Crippen molar-refractivity contribution in [3.8, 4) is 0 Å². The lowest BCUT2D eigenvalue weighted by Crippen LogP contribution is -2.16. The number of hydrogen-bond donors (Lipinski definition) is 0. The van der Waals surface area contributed by atoms with E-state index in [1.54, 1.807) is 6.08 Å². The molecule has 0 aliphatic carbocycles. The Bertz CT molecular complexity index is 481. The summed E-state index contributed by atoms with van der Waals surface area (Å²) in [5.41, 5.74) is 1.71. The maximum atomic E-state index is 10.7. The molecule has 0 spiro atoms. The van der Waals surface area contributed by atoms with Crippen molar-refractivity contribution in [2.75, 3.05) is 0 Å². The third-order valence-corrected chi connectivity index (χ3v) is 2.84. The molecule has 1 aliphatic heterocycles. The van der Waals surface area contributed by atoms with Gasteiger partial charge in [0, 0.05) is 17.2 Å². The van der Waals surface area contributed by atoms with Crippen LogP contribution >= 0.6 is 15.9 Å². The fourth-order valence-electron chi connectivity index (χ4n) is 1.49. The number of allylic oxidation sites excluding steroid dienone is 3. The van der Waals surface area contributed by atoms with E-state index in [0.717, 1.165) is 10.0 Å². The van der Waals surface area contributed by atoms with Crippen LogP contribution in [-0.2, 0) is 11.3 Å². The van der Waals surface area contributed by atoms with Crippen molar-refractivity contribution >= 4 is 21.9 Å². The molecule has 1 aromatic carbocycles. The van der Waals surface area contributed by atoms with Crippen molar-refractivity contribution in [2.45, 2.75) is 6.54 Å². The molecule has 1 aliphatic rings. The first-order valence-electron chi connectivity index (χ1n) is 4.90. The summed E-state index contributed by atoms with van der Waals surface area (Å²) in [6, 6.07) is 8.03. The lowest BCUT2D eigenvalue weighted by Gasteiger charge is -2.20. The summed E-state index contributed by atoms with van der Waals surface area (Å²) in [4.78, 5) is 12.6. The Morgan fingerprint density at radius 1 is 1.19 bits per heavy atom. The first-order valence-corrected chi connectivity index (χ1v) is 5.70. The van der Waals surface area contributed by atoms with Crippen LogP contribution in [0.4, 0.5) is 0 Å². The summed E-state index contributed by atoms with van der Waals surface area (Å²) >= 11 is 3.39. The predicted molar refractivity (Wildman–Crippen MR) is 67.2 cm³/mol. The minimum atomic E-state index is 0.561. The number of benzene rings is 1. The fraction of sp³-hybridized carbons (Fsp3) is 0.0769. The van der Waals surface area contributed by atoms with Crippen molar-refractivity contribution in [3.05, 3.63) is 64.4 Å². The van der Waals surface area contributed by atoms with Crippen molar-refractivity contribution in [1.29, 1.82) is 0 Å². The molecular formula is C13H10BrNO. The van der Waals surface area contributed by atoms with E-state index in [2.05, 4.69) is 15.9 Å². The number of hydrogen-bond acceptors (Lipinski definition) is 2. The van der Waals surface area contributed by atoms with Gasteiger partial charge in [0.1, 0.15) is 5.70 Å². The van der Waals surface area contributed by atoms with E-state index < -0.39 is 0 Å². The van der Waals surface area contributed by atoms with Gasteiger partial charge in [-0.1, -0.05) is 34.1 Å². The molecule has 0 unspecified atom stereocenters. The average molecular weight is 276 g/mol. The van der Waals surface area contributed by atoms with E-state index in [4.69, 9.17) is 0 Å². The summed E-state index contributed by atoms with van der Waals surface area (Å²) in [5.74, 6) is 1.93. The van der Waals surface area contributed by atoms with Crippen LogP contribution in [0.2, 0.25) is 0 Å². The van der Waals surface area contributed by atoms with Crippen LogP contribution < -0.4 is 0 Å². The van der Waals surface area contributed by atoms with Gasteiger partial charge in [-0.25, -0.2) is 4.79 Å². The van der Waals surface area contributed by atoms with Crippen LogP contribution in [0.25, 0.3) is 0 Å². The minimum Gasteiger partial charge on any atom is -0.335 e. The van der Waals surface area contributed by atoms with Gasteiger partial charge in [-0.15, -0.1) is 0 Å². The van der Waals surface area contributed by atoms with E-state index in [0.29, 0.717) is 12.2 Å². The van der Waals surface area contributed by atoms with Gasteiger partial charge in [0.2, 0.25) is 0 Å². The highest BCUT2D eigenvalue weighted by molar-refractivity contribution is 9.10. The van der Waals surface area contributed by atoms with Gasteiger partial charge in [-0.2, -0.15) is 0 Å². The van der Waals surface area contributed by atoms with E-state index in [1.807, 2.05) is 53.5 Å². The molecular weight excluding hydrogens is 266 g/mol. The molecule has 80 valence electrons. The lowest BCUT2D eigenvalue weighted by atomic mass is 10.2. The summed E-state index contributed by atoms with van der Waals surface area (Å²) < 4.78 is 1.05. The normalized spacial score (nSPS) is 14.1. The third-order valence-electron chi connectivity index (χ3n) is 2.31. The maximum absolute atomic E-state index is 10.7. The zero-order chi connectivity index (χ0) is 11.4. The summed E-state index contributed by atoms with van der Waals surface area (Å²) in [6.07, 6.45) is 7.37. The highest BCUT2D eigenvalue weighted by atomic mass is 79.9. The molecule has 0 radical (unpaired) electrons. The molecule has 16 heavy (non-hydrogen) atoms. The Balaban J connectivity index is 2.15. The average Bonchev–Trinajstić information content (AvgIpc) is 2.33. The monoisotopic (exact) mass is 275 g/mol. The van der Waals surface area contributed by atoms with Gasteiger partial charge >= 0.3 is 0 Å². The molecule has 0 saturated carbocycles. The van der Waals surface area contributed by atoms with Crippen LogP contribution in [0.15, 0.2) is 58.9 Å². The molecule has 1 aromatic rings. The quantitative estimate of drug-likeness (QED) is 0.774. The SMILES string of the molecule is O=C=C1C=CC=CN1Cc1ccc(Br)cc1. The summed E-state index contributed by atoms with van der Waals surface area (Å²) in [7, 11) is 0. The smallest absolute Gasteiger partial charge is 0.150 e. The Labute approximate surface area is 103 Å². The molecule has 1 heterocycles. The predicted octanol–water partition coefficient (Wildman–Crippen LogP) is 3.05. The largest absolute Gasteiger partial charge is 0.335 e. The van der Waals surface area contributed by atoms with Crippen LogP contribution in [0.5, 0.6) is 0 Å². The second kappa shape index (κ2) is 4.97. The van der Waals surface area contributed by atoms with E-state index >= 15 is 0 Å². The van der Waals surface area contributed by atoms with Gasteiger partial charge in [0.05, 0.1) is 0 Å². The van der Waals surface area contributed by atoms with Gasteiger partial charge in [0.25, 0.3) is 0 Å². The number of rotatable bonds is 2. The van der Waals surface area contributed by atoms with Gasteiger partial charge in [-0.05, 0) is 29.8 Å². The van der Waals surface area contributed by atoms with Crippen molar-refractivity contribution in [2.24, 2.45) is 0 Å². The second-order valence-electron chi connectivity index (χ2n) is 3.44. The van der Waals surface area contributed by atoms with E-state index in [9.17, 15) is 4.79 Å². The third kappa shape index (κ3) is 2.51. The maximum Gasteiger partial charge on any atom is 0.150 e. The van der Waals surface area contributed by atoms with Crippen LogP contribution in [0.1, 0.15) is 5.56 Å². The molecule has 0 amide bonds. The van der Waals surface area contributed by atoms with Crippen LogP contribution in [0.3, 0.4) is 0 Å². The highest BCUT2D eigenvalue weighted by Gasteiger charge is 2.07. The Hall–Kier alpha value is -1.57. The molecule has 0 saturated heterocycles. The van der Waals surface area contributed by atoms with Crippen LogP contribution in [0, 0.1) is 0 Å². The molecule has 0 fully saturated rings. The molecule has 0 aromatic heterocycles. The first kappa shape index (κ1) is 10.9. The van der Waals surface area contributed by atoms with Crippen molar-refractivity contribution in [3.63, 3.8) is 0 Å². The van der Waals surface area contributed by atoms with E-state index in [1.165, 1.54) is 0 Å². The highest BCUT2D eigenvalue weighted by Crippen LogP contribution is 2.16. The molecule has 0 bridgehead atoms. The zero-order valence-corrected chi connectivity index (χ0v) is 10.1.